The highest BCUT2D eigenvalue weighted by atomic mass is 16.6. The molecule has 2 amide bonds. The van der Waals surface area contributed by atoms with Crippen LogP contribution in [0.1, 0.15) is 52.4 Å². The Kier molecular flexibility index (Phi) is 10.9. The van der Waals surface area contributed by atoms with Crippen LogP contribution in [0.15, 0.2) is 4.99 Å². The second-order valence-corrected chi connectivity index (χ2v) is 8.67. The van der Waals surface area contributed by atoms with E-state index in [-0.39, 0.29) is 24.6 Å². The molecular formula is C22H42N6O3. The lowest BCUT2D eigenvalue weighted by molar-refractivity contribution is -0.127. The number of carbonyl (C=O) groups is 2. The summed E-state index contributed by atoms with van der Waals surface area (Å²) < 4.78 is 5.10. The van der Waals surface area contributed by atoms with E-state index in [1.165, 1.54) is 19.4 Å². The number of carbonyl (C=O) groups excluding carboxylic acids is 2. The molecule has 2 N–H and O–H groups in total. The number of aliphatic imine (C=N–C) groups is 1. The van der Waals surface area contributed by atoms with Crippen LogP contribution in [-0.2, 0) is 9.53 Å². The van der Waals surface area contributed by atoms with Gasteiger partial charge >= 0.3 is 6.09 Å². The molecule has 0 aromatic carbocycles. The maximum absolute atomic E-state index is 12.1. The summed E-state index contributed by atoms with van der Waals surface area (Å²) in [5.41, 5.74) is 0. The summed E-state index contributed by atoms with van der Waals surface area (Å²) in [6.07, 6.45) is 6.06. The first-order valence-corrected chi connectivity index (χ1v) is 11.8. The van der Waals surface area contributed by atoms with Crippen LogP contribution in [0, 0.1) is 0 Å². The first-order chi connectivity index (χ1) is 14.9. The summed E-state index contributed by atoms with van der Waals surface area (Å²) in [5, 5.41) is 7.07. The fourth-order valence-corrected chi connectivity index (χ4v) is 3.91. The Morgan fingerprint density at radius 2 is 1.58 bits per heavy atom. The Balaban J connectivity index is 1.88. The van der Waals surface area contributed by atoms with Crippen molar-refractivity contribution in [1.82, 2.24) is 25.3 Å². The molecule has 2 saturated heterocycles. The molecule has 0 unspecified atom stereocenters. The Labute approximate surface area is 187 Å². The fourth-order valence-electron chi connectivity index (χ4n) is 3.91. The summed E-state index contributed by atoms with van der Waals surface area (Å²) >= 11 is 0. The third-order valence-electron chi connectivity index (χ3n) is 5.99. The highest BCUT2D eigenvalue weighted by Crippen LogP contribution is 2.13. The number of hydrogen-bond donors (Lipinski definition) is 2. The second kappa shape index (κ2) is 13.4. The van der Waals surface area contributed by atoms with Gasteiger partial charge in [-0.3, -0.25) is 4.79 Å². The highest BCUT2D eigenvalue weighted by Gasteiger charge is 2.25. The topological polar surface area (TPSA) is 89.5 Å². The number of nitrogens with one attached hydrogen (secondary N) is 2. The number of rotatable bonds is 8. The molecule has 0 bridgehead atoms. The Bertz CT molecular complexity index is 582. The van der Waals surface area contributed by atoms with E-state index in [1.54, 1.807) is 23.9 Å². The lowest BCUT2D eigenvalue weighted by Crippen LogP contribution is -2.53. The van der Waals surface area contributed by atoms with E-state index in [0.29, 0.717) is 31.7 Å². The molecular weight excluding hydrogens is 396 g/mol. The van der Waals surface area contributed by atoms with Crippen LogP contribution < -0.4 is 10.6 Å². The van der Waals surface area contributed by atoms with E-state index >= 15 is 0 Å². The molecule has 0 aliphatic carbocycles. The second-order valence-electron chi connectivity index (χ2n) is 8.67. The van der Waals surface area contributed by atoms with Crippen LogP contribution in [0.2, 0.25) is 0 Å². The van der Waals surface area contributed by atoms with Gasteiger partial charge in [0.25, 0.3) is 0 Å². The van der Waals surface area contributed by atoms with Crippen LogP contribution in [0.4, 0.5) is 4.79 Å². The molecule has 2 rings (SSSR count). The maximum Gasteiger partial charge on any atom is 0.409 e. The third-order valence-corrected chi connectivity index (χ3v) is 5.99. The van der Waals surface area contributed by atoms with Gasteiger partial charge in [0.2, 0.25) is 5.91 Å². The number of likely N-dealkylation sites (tertiary alicyclic amines) is 2. The number of nitrogens with zero attached hydrogens (tertiary/aromatic N) is 4. The van der Waals surface area contributed by atoms with Crippen molar-refractivity contribution >= 4 is 18.0 Å². The van der Waals surface area contributed by atoms with E-state index in [9.17, 15) is 9.59 Å². The first kappa shape index (κ1) is 25.2. The SMILES string of the molecule is CCCCN1CCC(NC(=NCC(=O)N(C)C)NC2CCN(C(=O)OCC)CC2)CC1. The predicted molar refractivity (Wildman–Crippen MR) is 123 cm³/mol. The van der Waals surface area contributed by atoms with Gasteiger partial charge in [0, 0.05) is 52.4 Å². The standard InChI is InChI=1S/C22H42N6O3/c1-5-7-12-27-13-8-18(9-14-27)24-21(23-17-20(29)26(3)4)25-19-10-15-28(16-11-19)22(30)31-6-2/h18-19H,5-17H2,1-4H3,(H2,23,24,25). The average Bonchev–Trinajstić information content (AvgIpc) is 2.77. The van der Waals surface area contributed by atoms with Crippen molar-refractivity contribution in [3.63, 3.8) is 0 Å². The van der Waals surface area contributed by atoms with Crippen LogP contribution >= 0.6 is 0 Å². The lowest BCUT2D eigenvalue weighted by atomic mass is 10.0. The van der Waals surface area contributed by atoms with Crippen molar-refractivity contribution in [2.75, 3.05) is 60.0 Å². The van der Waals surface area contributed by atoms with E-state index < -0.39 is 0 Å². The number of likely N-dealkylation sites (N-methyl/N-ethyl adjacent to an activating group) is 1. The zero-order valence-electron chi connectivity index (χ0n) is 19.9. The van der Waals surface area contributed by atoms with Crippen LogP contribution in [-0.4, -0.2) is 105 Å². The van der Waals surface area contributed by atoms with Gasteiger partial charge in [0.05, 0.1) is 6.61 Å². The van der Waals surface area contributed by atoms with Gasteiger partial charge in [-0.05, 0) is 45.6 Å². The van der Waals surface area contributed by atoms with E-state index in [2.05, 4.69) is 27.4 Å². The summed E-state index contributed by atoms with van der Waals surface area (Å²) in [7, 11) is 3.49. The van der Waals surface area contributed by atoms with Gasteiger partial charge < -0.3 is 30.1 Å². The third kappa shape index (κ3) is 8.93. The molecule has 0 aromatic rings. The van der Waals surface area contributed by atoms with Gasteiger partial charge in [0.15, 0.2) is 5.96 Å². The first-order valence-electron chi connectivity index (χ1n) is 11.8. The number of guanidine groups is 1. The Morgan fingerprint density at radius 1 is 1.00 bits per heavy atom. The quantitative estimate of drug-likeness (QED) is 0.441. The van der Waals surface area contributed by atoms with Gasteiger partial charge in [-0.15, -0.1) is 0 Å². The molecule has 0 spiro atoms. The molecule has 178 valence electrons. The van der Waals surface area contributed by atoms with Gasteiger partial charge in [-0.2, -0.15) is 0 Å². The van der Waals surface area contributed by atoms with Crippen molar-refractivity contribution in [3.05, 3.63) is 0 Å². The van der Waals surface area contributed by atoms with E-state index in [1.807, 2.05) is 6.92 Å². The van der Waals surface area contributed by atoms with Crippen molar-refractivity contribution in [2.45, 2.75) is 64.5 Å². The van der Waals surface area contributed by atoms with Crippen LogP contribution in [0.3, 0.4) is 0 Å². The lowest BCUT2D eigenvalue weighted by Gasteiger charge is -2.35. The molecule has 9 heteroatoms. The van der Waals surface area contributed by atoms with Gasteiger partial charge in [0.1, 0.15) is 6.54 Å². The highest BCUT2D eigenvalue weighted by molar-refractivity contribution is 5.85. The Morgan fingerprint density at radius 3 is 2.10 bits per heavy atom. The number of piperidine rings is 2. The molecule has 9 nitrogen and oxygen atoms in total. The van der Waals surface area contributed by atoms with Crippen molar-refractivity contribution in [1.29, 1.82) is 0 Å². The molecule has 2 heterocycles. The van der Waals surface area contributed by atoms with E-state index in [0.717, 1.165) is 38.8 Å². The smallest absolute Gasteiger partial charge is 0.409 e. The molecule has 2 aliphatic heterocycles. The monoisotopic (exact) mass is 438 g/mol. The zero-order valence-corrected chi connectivity index (χ0v) is 19.9. The normalized spacial score (nSPS) is 19.2. The summed E-state index contributed by atoms with van der Waals surface area (Å²) in [4.78, 5) is 34.4. The largest absolute Gasteiger partial charge is 0.450 e. The summed E-state index contributed by atoms with van der Waals surface area (Å²) in [6, 6.07) is 0.578. The van der Waals surface area contributed by atoms with Crippen LogP contribution in [0.5, 0.6) is 0 Å². The molecule has 0 radical (unpaired) electrons. The average molecular weight is 439 g/mol. The molecule has 0 aromatic heterocycles. The minimum Gasteiger partial charge on any atom is -0.450 e. The number of unbranched alkanes of at least 4 members (excludes halogenated alkanes) is 1. The molecule has 2 aliphatic rings. The zero-order chi connectivity index (χ0) is 22.6. The maximum atomic E-state index is 12.1. The van der Waals surface area contributed by atoms with Crippen molar-refractivity contribution < 1.29 is 14.3 Å². The summed E-state index contributed by atoms with van der Waals surface area (Å²) in [6.45, 7) is 9.28. The minimum absolute atomic E-state index is 0.0207. The summed E-state index contributed by atoms with van der Waals surface area (Å²) in [5.74, 6) is 0.685. The van der Waals surface area contributed by atoms with E-state index in [4.69, 9.17) is 4.74 Å². The fraction of sp³-hybridized carbons (Fsp3) is 0.864. The Hall–Kier alpha value is -2.03. The molecule has 0 atom stereocenters. The minimum atomic E-state index is -0.237. The molecule has 31 heavy (non-hydrogen) atoms. The van der Waals surface area contributed by atoms with Crippen molar-refractivity contribution in [2.24, 2.45) is 4.99 Å². The van der Waals surface area contributed by atoms with Crippen LogP contribution in [0.25, 0.3) is 0 Å². The van der Waals surface area contributed by atoms with Gasteiger partial charge in [-0.1, -0.05) is 13.3 Å². The number of ether oxygens (including phenoxy) is 1. The predicted octanol–water partition coefficient (Wildman–Crippen LogP) is 1.50. The van der Waals surface area contributed by atoms with Gasteiger partial charge in [-0.25, -0.2) is 9.79 Å². The number of amides is 2. The molecule has 0 saturated carbocycles. The number of hydrogen-bond acceptors (Lipinski definition) is 5. The molecule has 2 fully saturated rings. The van der Waals surface area contributed by atoms with Crippen molar-refractivity contribution in [3.8, 4) is 0 Å².